The highest BCUT2D eigenvalue weighted by Gasteiger charge is 2.34. The van der Waals surface area contributed by atoms with Gasteiger partial charge in [-0.1, -0.05) is 6.07 Å². The molecule has 3 rings (SSSR count). The summed E-state index contributed by atoms with van der Waals surface area (Å²) in [5, 5.41) is 22.4. The van der Waals surface area contributed by atoms with Crippen molar-refractivity contribution in [3.8, 4) is 11.5 Å². The van der Waals surface area contributed by atoms with Gasteiger partial charge in [-0.15, -0.1) is 0 Å². The molecule has 0 spiro atoms. The molecule has 8 heteroatoms. The first-order valence-corrected chi connectivity index (χ1v) is 9.03. The Morgan fingerprint density at radius 3 is 2.60 bits per heavy atom. The molecule has 0 unspecified atom stereocenters. The minimum Gasteiger partial charge on any atom is -0.486 e. The Morgan fingerprint density at radius 2 is 1.92 bits per heavy atom. The highest BCUT2D eigenvalue weighted by molar-refractivity contribution is 7.80. The second-order valence-corrected chi connectivity index (χ2v) is 6.85. The smallest absolute Gasteiger partial charge is 0.242 e. The maximum Gasteiger partial charge on any atom is 0.242 e. The van der Waals surface area contributed by atoms with Crippen LogP contribution in [0.5, 0.6) is 11.5 Å². The Labute approximate surface area is 152 Å². The highest BCUT2D eigenvalue weighted by Crippen LogP contribution is 2.33. The van der Waals surface area contributed by atoms with Crippen LogP contribution in [0.4, 0.5) is 0 Å². The molecule has 1 fully saturated rings. The molecule has 0 bridgehead atoms. The van der Waals surface area contributed by atoms with E-state index in [-0.39, 0.29) is 12.5 Å². The van der Waals surface area contributed by atoms with Gasteiger partial charge in [-0.3, -0.25) is 10.1 Å². The van der Waals surface area contributed by atoms with Crippen LogP contribution in [-0.2, 0) is 4.79 Å². The number of hydrogen-bond acceptors (Lipinski definition) is 7. The van der Waals surface area contributed by atoms with Crippen molar-refractivity contribution in [3.63, 3.8) is 0 Å². The summed E-state index contributed by atoms with van der Waals surface area (Å²) in [5.74, 6) is 0.993. The van der Waals surface area contributed by atoms with Crippen LogP contribution in [0, 0.1) is 0 Å². The largest absolute Gasteiger partial charge is 0.486 e. The summed E-state index contributed by atoms with van der Waals surface area (Å²) in [5.41, 5.74) is 0.549. The van der Waals surface area contributed by atoms with Crippen molar-refractivity contribution in [1.29, 1.82) is 0 Å². The lowest BCUT2D eigenvalue weighted by Crippen LogP contribution is -2.51. The van der Waals surface area contributed by atoms with E-state index in [0.717, 1.165) is 12.8 Å². The molecule has 25 heavy (non-hydrogen) atoms. The number of rotatable bonds is 6. The van der Waals surface area contributed by atoms with E-state index >= 15 is 0 Å². The number of benzene rings is 1. The fourth-order valence-electron chi connectivity index (χ4n) is 3.13. The maximum atomic E-state index is 12.8. The Morgan fingerprint density at radius 1 is 1.24 bits per heavy atom. The van der Waals surface area contributed by atoms with Crippen LogP contribution in [0.3, 0.4) is 0 Å². The van der Waals surface area contributed by atoms with Crippen molar-refractivity contribution in [1.82, 2.24) is 10.2 Å². The Bertz CT molecular complexity index is 609. The predicted octanol–water partition coefficient (Wildman–Crippen LogP) is 0.320. The minimum absolute atomic E-state index is 0.188. The van der Waals surface area contributed by atoms with Gasteiger partial charge >= 0.3 is 0 Å². The zero-order chi connectivity index (χ0) is 17.8. The third-order valence-corrected chi connectivity index (χ3v) is 4.76. The molecule has 2 heterocycles. The number of aliphatic hydroxyl groups excluding tert-OH is 2. The second-order valence-electron chi connectivity index (χ2n) is 6.22. The average Bonchev–Trinajstić information content (AvgIpc) is 3.19. The molecule has 1 amide bonds. The first-order valence-electron chi connectivity index (χ1n) is 8.51. The number of carbonyl (C=O) groups is 1. The quantitative estimate of drug-likeness (QED) is 0.427. The van der Waals surface area contributed by atoms with Gasteiger partial charge in [0.2, 0.25) is 5.91 Å². The normalized spacial score (nSPS) is 20.2. The van der Waals surface area contributed by atoms with E-state index in [1.165, 1.54) is 0 Å². The number of nitrogens with zero attached hydrogens (tertiary/aromatic N) is 1. The first-order chi connectivity index (χ1) is 12.1. The number of hydrogen-bond donors (Lipinski definition) is 4. The number of aliphatic hydroxyl groups is 2. The highest BCUT2D eigenvalue weighted by atomic mass is 32.1. The van der Waals surface area contributed by atoms with Gasteiger partial charge in [0.15, 0.2) is 11.5 Å². The van der Waals surface area contributed by atoms with Gasteiger partial charge in [-0.05, 0) is 30.5 Å². The van der Waals surface area contributed by atoms with Gasteiger partial charge in [0, 0.05) is 13.1 Å². The predicted molar refractivity (Wildman–Crippen MR) is 95.0 cm³/mol. The molecule has 7 nitrogen and oxygen atoms in total. The zero-order valence-electron chi connectivity index (χ0n) is 13.9. The number of amides is 1. The Hall–Kier alpha value is -1.48. The lowest BCUT2D eigenvalue weighted by Gasteiger charge is -2.30. The van der Waals surface area contributed by atoms with Gasteiger partial charge in [0.05, 0.1) is 12.0 Å². The molecular formula is C17H24N2O5S. The van der Waals surface area contributed by atoms with Gasteiger partial charge < -0.3 is 24.6 Å². The van der Waals surface area contributed by atoms with E-state index < -0.39 is 17.5 Å². The molecule has 0 aromatic heterocycles. The van der Waals surface area contributed by atoms with Crippen LogP contribution in [0.15, 0.2) is 18.2 Å². The third-order valence-electron chi connectivity index (χ3n) is 4.45. The fourth-order valence-corrected chi connectivity index (χ4v) is 3.29. The van der Waals surface area contributed by atoms with Crippen LogP contribution in [0.1, 0.15) is 24.5 Å². The standard InChI is InChI=1S/C17H24N2O5S/c20-10-14(25)18-15(17(22)19-5-1-2-6-19)16(21)11-3-4-12-13(9-11)24-8-7-23-12/h3-4,9,14-16,18,20-21,25H,1-2,5-8,10H2/t14-,15-,16+/m0/s1. The SMILES string of the molecule is O=C([C@@H](N[C@@H](S)CO)[C@H](O)c1ccc2c(c1)OCCO2)N1CCCC1. The van der Waals surface area contributed by atoms with Crippen LogP contribution in [-0.4, -0.2) is 65.3 Å². The molecule has 3 atom stereocenters. The Balaban J connectivity index is 1.82. The molecule has 0 radical (unpaired) electrons. The zero-order valence-corrected chi connectivity index (χ0v) is 14.8. The summed E-state index contributed by atoms with van der Waals surface area (Å²) in [6.07, 6.45) is 0.830. The van der Waals surface area contributed by atoms with Crippen molar-refractivity contribution in [2.75, 3.05) is 32.9 Å². The third kappa shape index (κ3) is 4.20. The molecule has 2 aliphatic heterocycles. The number of carbonyl (C=O) groups excluding carboxylic acids is 1. The van der Waals surface area contributed by atoms with Gasteiger partial charge in [-0.25, -0.2) is 0 Å². The van der Waals surface area contributed by atoms with Crippen LogP contribution in [0.25, 0.3) is 0 Å². The molecule has 0 saturated carbocycles. The molecule has 0 aliphatic carbocycles. The monoisotopic (exact) mass is 368 g/mol. The van der Waals surface area contributed by atoms with Crippen molar-refractivity contribution in [2.45, 2.75) is 30.4 Å². The molecule has 1 saturated heterocycles. The van der Waals surface area contributed by atoms with E-state index in [0.29, 0.717) is 43.4 Å². The summed E-state index contributed by atoms with van der Waals surface area (Å²) in [6.45, 7) is 2.05. The molecular weight excluding hydrogens is 344 g/mol. The number of nitrogens with one attached hydrogen (secondary N) is 1. The molecule has 138 valence electrons. The Kier molecular flexibility index (Phi) is 6.06. The van der Waals surface area contributed by atoms with E-state index in [4.69, 9.17) is 9.47 Å². The number of thiol groups is 1. The number of likely N-dealkylation sites (tertiary alicyclic amines) is 1. The van der Waals surface area contributed by atoms with Crippen molar-refractivity contribution in [2.24, 2.45) is 0 Å². The van der Waals surface area contributed by atoms with E-state index in [1.807, 2.05) is 0 Å². The topological polar surface area (TPSA) is 91.3 Å². The van der Waals surface area contributed by atoms with Crippen molar-refractivity contribution in [3.05, 3.63) is 23.8 Å². The summed E-state index contributed by atoms with van der Waals surface area (Å²) >= 11 is 4.21. The van der Waals surface area contributed by atoms with Crippen LogP contribution in [0.2, 0.25) is 0 Å². The molecule has 3 N–H and O–H groups in total. The van der Waals surface area contributed by atoms with Crippen molar-refractivity contribution < 1.29 is 24.5 Å². The lowest BCUT2D eigenvalue weighted by molar-refractivity contribution is -0.135. The minimum atomic E-state index is -1.09. The average molecular weight is 368 g/mol. The fraction of sp³-hybridized carbons (Fsp3) is 0.588. The molecule has 1 aromatic rings. The molecule has 1 aromatic carbocycles. The van der Waals surface area contributed by atoms with E-state index in [9.17, 15) is 15.0 Å². The van der Waals surface area contributed by atoms with E-state index in [1.54, 1.807) is 23.1 Å². The summed E-state index contributed by atoms with van der Waals surface area (Å²) < 4.78 is 11.0. The van der Waals surface area contributed by atoms with Crippen LogP contribution >= 0.6 is 12.6 Å². The maximum absolute atomic E-state index is 12.8. The number of fused-ring (bicyclic) bond motifs is 1. The summed E-state index contributed by atoms with van der Waals surface area (Å²) in [6, 6.07) is 4.25. The second kappa shape index (κ2) is 8.27. The van der Waals surface area contributed by atoms with E-state index in [2.05, 4.69) is 17.9 Å². The summed E-state index contributed by atoms with van der Waals surface area (Å²) in [7, 11) is 0. The summed E-state index contributed by atoms with van der Waals surface area (Å²) in [4.78, 5) is 14.6. The van der Waals surface area contributed by atoms with Gasteiger partial charge in [-0.2, -0.15) is 12.6 Å². The number of ether oxygens (including phenoxy) is 2. The molecule has 2 aliphatic rings. The lowest BCUT2D eigenvalue weighted by atomic mass is 10.00. The van der Waals surface area contributed by atoms with Crippen LogP contribution < -0.4 is 14.8 Å². The first kappa shape index (κ1) is 18.3. The van der Waals surface area contributed by atoms with Gasteiger partial charge in [0.25, 0.3) is 0 Å². The van der Waals surface area contributed by atoms with Crippen molar-refractivity contribution >= 4 is 18.5 Å². The van der Waals surface area contributed by atoms with Gasteiger partial charge in [0.1, 0.15) is 25.4 Å².